The van der Waals surface area contributed by atoms with Gasteiger partial charge in [-0.25, -0.2) is 0 Å². The van der Waals surface area contributed by atoms with E-state index in [-0.39, 0.29) is 12.2 Å². The van der Waals surface area contributed by atoms with Crippen molar-refractivity contribution in [3.8, 4) is 5.75 Å². The number of aliphatic hydroxyl groups excluding tert-OH is 1. The van der Waals surface area contributed by atoms with E-state index in [2.05, 4.69) is 31.3 Å². The van der Waals surface area contributed by atoms with Gasteiger partial charge in [-0.2, -0.15) is 0 Å². The summed E-state index contributed by atoms with van der Waals surface area (Å²) in [5.41, 5.74) is 1.26. The molecule has 1 aromatic rings. The zero-order valence-corrected chi connectivity index (χ0v) is 12.6. The quantitative estimate of drug-likeness (QED) is 0.810. The van der Waals surface area contributed by atoms with Crippen LogP contribution in [0.15, 0.2) is 24.3 Å². The highest BCUT2D eigenvalue weighted by Gasteiger charge is 2.23. The van der Waals surface area contributed by atoms with Gasteiger partial charge in [0.1, 0.15) is 11.9 Å². The third-order valence-corrected chi connectivity index (χ3v) is 4.10. The van der Waals surface area contributed by atoms with Crippen molar-refractivity contribution < 1.29 is 9.84 Å². The number of rotatable bonds is 5. The molecule has 0 aromatic heterocycles. The van der Waals surface area contributed by atoms with Crippen LogP contribution in [0.3, 0.4) is 0 Å². The first-order valence-electron chi connectivity index (χ1n) is 7.88. The molecule has 0 radical (unpaired) electrons. The molecule has 3 heteroatoms. The number of hydrogen-bond donors (Lipinski definition) is 2. The molecule has 0 bridgehead atoms. The van der Waals surface area contributed by atoms with Gasteiger partial charge < -0.3 is 15.2 Å². The second-order valence-corrected chi connectivity index (χ2v) is 5.71. The standard InChI is InChI=1S/C17H27NO2/c1-3-18-13(2)14-9-11-15(12-10-14)20-17-8-6-4-5-7-16(17)19/h9-13,16-19H,3-8H2,1-2H3. The number of ether oxygens (including phenoxy) is 1. The minimum atomic E-state index is -0.321. The van der Waals surface area contributed by atoms with Gasteiger partial charge in [0.25, 0.3) is 0 Å². The molecule has 0 aliphatic heterocycles. The van der Waals surface area contributed by atoms with E-state index in [9.17, 15) is 5.11 Å². The fourth-order valence-corrected chi connectivity index (χ4v) is 2.83. The van der Waals surface area contributed by atoms with E-state index in [1.54, 1.807) is 0 Å². The van der Waals surface area contributed by atoms with Crippen LogP contribution in [0.4, 0.5) is 0 Å². The monoisotopic (exact) mass is 277 g/mol. The third-order valence-electron chi connectivity index (χ3n) is 4.10. The van der Waals surface area contributed by atoms with Crippen LogP contribution in [-0.4, -0.2) is 23.9 Å². The summed E-state index contributed by atoms with van der Waals surface area (Å²) >= 11 is 0. The summed E-state index contributed by atoms with van der Waals surface area (Å²) in [6.07, 6.45) is 4.91. The van der Waals surface area contributed by atoms with Gasteiger partial charge in [-0.3, -0.25) is 0 Å². The zero-order chi connectivity index (χ0) is 14.4. The zero-order valence-electron chi connectivity index (χ0n) is 12.6. The highest BCUT2D eigenvalue weighted by molar-refractivity contribution is 5.29. The Morgan fingerprint density at radius 3 is 2.60 bits per heavy atom. The molecule has 0 saturated heterocycles. The maximum Gasteiger partial charge on any atom is 0.124 e. The lowest BCUT2D eigenvalue weighted by Gasteiger charge is -2.22. The highest BCUT2D eigenvalue weighted by Crippen LogP contribution is 2.24. The van der Waals surface area contributed by atoms with Gasteiger partial charge in [-0.15, -0.1) is 0 Å². The summed E-state index contributed by atoms with van der Waals surface area (Å²) in [6.45, 7) is 5.24. The lowest BCUT2D eigenvalue weighted by atomic mass is 10.1. The van der Waals surface area contributed by atoms with Crippen molar-refractivity contribution in [3.63, 3.8) is 0 Å². The molecule has 3 nitrogen and oxygen atoms in total. The highest BCUT2D eigenvalue weighted by atomic mass is 16.5. The Hall–Kier alpha value is -1.06. The van der Waals surface area contributed by atoms with Gasteiger partial charge in [0.05, 0.1) is 6.10 Å². The summed E-state index contributed by atoms with van der Waals surface area (Å²) in [4.78, 5) is 0. The first-order chi connectivity index (χ1) is 9.70. The smallest absolute Gasteiger partial charge is 0.124 e. The summed E-state index contributed by atoms with van der Waals surface area (Å²) < 4.78 is 5.97. The summed E-state index contributed by atoms with van der Waals surface area (Å²) in [7, 11) is 0. The summed E-state index contributed by atoms with van der Waals surface area (Å²) in [5, 5.41) is 13.5. The van der Waals surface area contributed by atoms with Crippen molar-refractivity contribution in [3.05, 3.63) is 29.8 Å². The van der Waals surface area contributed by atoms with Crippen molar-refractivity contribution in [2.75, 3.05) is 6.54 Å². The molecule has 2 rings (SSSR count). The van der Waals surface area contributed by atoms with Crippen molar-refractivity contribution in [1.29, 1.82) is 0 Å². The average molecular weight is 277 g/mol. The van der Waals surface area contributed by atoms with Crippen LogP contribution in [0.5, 0.6) is 5.75 Å². The minimum Gasteiger partial charge on any atom is -0.488 e. The van der Waals surface area contributed by atoms with Gasteiger partial charge in [-0.1, -0.05) is 31.9 Å². The van der Waals surface area contributed by atoms with Crippen LogP contribution >= 0.6 is 0 Å². The van der Waals surface area contributed by atoms with Crippen LogP contribution in [0.1, 0.15) is 57.6 Å². The lowest BCUT2D eigenvalue weighted by Crippen LogP contribution is -2.30. The normalized spacial score (nSPS) is 24.9. The van der Waals surface area contributed by atoms with Crippen LogP contribution in [0.2, 0.25) is 0 Å². The second-order valence-electron chi connectivity index (χ2n) is 5.71. The number of aliphatic hydroxyl groups is 1. The van der Waals surface area contributed by atoms with Crippen molar-refractivity contribution in [2.24, 2.45) is 0 Å². The predicted molar refractivity (Wildman–Crippen MR) is 82.0 cm³/mol. The van der Waals surface area contributed by atoms with Gasteiger partial charge in [0, 0.05) is 6.04 Å². The predicted octanol–water partition coefficient (Wildman–Crippen LogP) is 3.43. The Bertz CT molecular complexity index is 390. The first-order valence-corrected chi connectivity index (χ1v) is 7.88. The van der Waals surface area contributed by atoms with E-state index in [1.807, 2.05) is 12.1 Å². The van der Waals surface area contributed by atoms with E-state index in [0.29, 0.717) is 6.04 Å². The molecule has 1 saturated carbocycles. The van der Waals surface area contributed by atoms with Crippen molar-refractivity contribution >= 4 is 0 Å². The van der Waals surface area contributed by atoms with Crippen LogP contribution in [-0.2, 0) is 0 Å². The Labute approximate surface area is 122 Å². The van der Waals surface area contributed by atoms with E-state index in [1.165, 1.54) is 12.0 Å². The fourth-order valence-electron chi connectivity index (χ4n) is 2.83. The molecule has 0 amide bonds. The number of hydrogen-bond acceptors (Lipinski definition) is 3. The molecule has 3 unspecified atom stereocenters. The van der Waals surface area contributed by atoms with Gasteiger partial charge in [0.15, 0.2) is 0 Å². The molecule has 2 N–H and O–H groups in total. The molecule has 1 aliphatic rings. The molecule has 0 spiro atoms. The SMILES string of the molecule is CCNC(C)c1ccc(OC2CCCCCC2O)cc1. The molecule has 0 heterocycles. The molecular weight excluding hydrogens is 250 g/mol. The summed E-state index contributed by atoms with van der Waals surface area (Å²) in [5.74, 6) is 0.864. The Morgan fingerprint density at radius 2 is 1.90 bits per heavy atom. The number of benzene rings is 1. The maximum absolute atomic E-state index is 10.1. The Balaban J connectivity index is 1.95. The average Bonchev–Trinajstić information content (AvgIpc) is 2.65. The fraction of sp³-hybridized carbons (Fsp3) is 0.647. The van der Waals surface area contributed by atoms with Gasteiger partial charge in [-0.05, 0) is 50.4 Å². The molecule has 1 aromatic carbocycles. The Kier molecular flexibility index (Phi) is 5.86. The van der Waals surface area contributed by atoms with Crippen molar-refractivity contribution in [1.82, 2.24) is 5.32 Å². The second kappa shape index (κ2) is 7.65. The lowest BCUT2D eigenvalue weighted by molar-refractivity contribution is 0.0320. The molecular formula is C17H27NO2. The molecule has 1 aliphatic carbocycles. The molecule has 20 heavy (non-hydrogen) atoms. The Morgan fingerprint density at radius 1 is 1.20 bits per heavy atom. The van der Waals surface area contributed by atoms with E-state index >= 15 is 0 Å². The summed E-state index contributed by atoms with van der Waals surface area (Å²) in [6, 6.07) is 8.59. The van der Waals surface area contributed by atoms with Gasteiger partial charge in [0.2, 0.25) is 0 Å². The van der Waals surface area contributed by atoms with Crippen LogP contribution < -0.4 is 10.1 Å². The van der Waals surface area contributed by atoms with Crippen LogP contribution in [0, 0.1) is 0 Å². The molecule has 112 valence electrons. The van der Waals surface area contributed by atoms with E-state index < -0.39 is 0 Å². The molecule has 3 atom stereocenters. The third kappa shape index (κ3) is 4.22. The van der Waals surface area contributed by atoms with Gasteiger partial charge >= 0.3 is 0 Å². The molecule has 1 fully saturated rings. The number of nitrogens with one attached hydrogen (secondary N) is 1. The van der Waals surface area contributed by atoms with Crippen LogP contribution in [0.25, 0.3) is 0 Å². The first kappa shape index (κ1) is 15.3. The maximum atomic E-state index is 10.1. The van der Waals surface area contributed by atoms with Crippen molar-refractivity contribution in [2.45, 2.75) is 64.2 Å². The van der Waals surface area contributed by atoms with E-state index in [0.717, 1.165) is 38.0 Å². The minimum absolute atomic E-state index is 0.0467. The largest absolute Gasteiger partial charge is 0.488 e. The topological polar surface area (TPSA) is 41.5 Å². The van der Waals surface area contributed by atoms with E-state index in [4.69, 9.17) is 4.74 Å².